The average molecular weight is 410 g/mol. The molecule has 2 aliphatic heterocycles. The molecule has 6 nitrogen and oxygen atoms in total. The van der Waals surface area contributed by atoms with Gasteiger partial charge in [-0.2, -0.15) is 0 Å². The average Bonchev–Trinajstić information content (AvgIpc) is 3.49. The first kappa shape index (κ1) is 18.9. The summed E-state index contributed by atoms with van der Waals surface area (Å²) in [5, 5.41) is 3.54. The maximum atomic E-state index is 13.3. The molecule has 2 aromatic heterocycles. The van der Waals surface area contributed by atoms with E-state index < -0.39 is 0 Å². The SMILES string of the molecule is CCC(c1nc2scnc2c(=O)n1Cc1ccccc1)N1CCC2(CCNC2)C1. The van der Waals surface area contributed by atoms with Crippen LogP contribution in [0.15, 0.2) is 40.6 Å². The highest BCUT2D eigenvalue weighted by Gasteiger charge is 2.43. The number of hydrogen-bond donors (Lipinski definition) is 1. The second-order valence-electron chi connectivity index (χ2n) is 8.42. The molecule has 5 rings (SSSR count). The largest absolute Gasteiger partial charge is 0.316 e. The first-order valence-corrected chi connectivity index (χ1v) is 11.4. The highest BCUT2D eigenvalue weighted by molar-refractivity contribution is 7.16. The van der Waals surface area contributed by atoms with Crippen LogP contribution in [0.5, 0.6) is 0 Å². The van der Waals surface area contributed by atoms with Gasteiger partial charge in [0.05, 0.1) is 18.1 Å². The molecule has 0 radical (unpaired) electrons. The number of fused-ring (bicyclic) bond motifs is 1. The van der Waals surface area contributed by atoms with Crippen molar-refractivity contribution in [3.63, 3.8) is 0 Å². The van der Waals surface area contributed by atoms with Crippen LogP contribution in [0.3, 0.4) is 0 Å². The third-order valence-corrected chi connectivity index (χ3v) is 7.32. The molecule has 0 amide bonds. The Kier molecular flexibility index (Phi) is 4.97. The van der Waals surface area contributed by atoms with Crippen LogP contribution in [-0.4, -0.2) is 45.6 Å². The van der Waals surface area contributed by atoms with Crippen molar-refractivity contribution in [1.29, 1.82) is 0 Å². The van der Waals surface area contributed by atoms with Crippen molar-refractivity contribution in [1.82, 2.24) is 24.8 Å². The van der Waals surface area contributed by atoms with Crippen LogP contribution in [0.1, 0.15) is 43.6 Å². The molecule has 2 aliphatic rings. The van der Waals surface area contributed by atoms with Gasteiger partial charge in [0.25, 0.3) is 5.56 Å². The monoisotopic (exact) mass is 409 g/mol. The standard InChI is InChI=1S/C22H27N5OS/c1-2-17(26-11-9-22(14-26)8-10-23-13-22)19-25-20-18(24-15-29-20)21(28)27(19)12-16-6-4-3-5-7-16/h3-7,15,17,23H,2,8-14H2,1H3. The van der Waals surface area contributed by atoms with Crippen LogP contribution in [0.25, 0.3) is 10.3 Å². The summed E-state index contributed by atoms with van der Waals surface area (Å²) in [6, 6.07) is 10.3. The molecular weight excluding hydrogens is 382 g/mol. The number of nitrogens with zero attached hydrogens (tertiary/aromatic N) is 4. The topological polar surface area (TPSA) is 63.1 Å². The number of thiazole rings is 1. The molecule has 2 unspecified atom stereocenters. The summed E-state index contributed by atoms with van der Waals surface area (Å²) in [5.41, 5.74) is 3.70. The third kappa shape index (κ3) is 3.41. The van der Waals surface area contributed by atoms with E-state index in [-0.39, 0.29) is 11.6 Å². The summed E-state index contributed by atoms with van der Waals surface area (Å²) in [4.78, 5) is 25.9. The van der Waals surface area contributed by atoms with E-state index in [4.69, 9.17) is 4.98 Å². The lowest BCUT2D eigenvalue weighted by Gasteiger charge is -2.30. The van der Waals surface area contributed by atoms with Crippen LogP contribution in [0, 0.1) is 5.41 Å². The minimum Gasteiger partial charge on any atom is -0.316 e. The highest BCUT2D eigenvalue weighted by Crippen LogP contribution is 2.40. The summed E-state index contributed by atoms with van der Waals surface area (Å²) in [6.45, 7) is 7.13. The lowest BCUT2D eigenvalue weighted by Crippen LogP contribution is -2.36. The number of likely N-dealkylation sites (tertiary alicyclic amines) is 1. The van der Waals surface area contributed by atoms with Crippen LogP contribution in [0.2, 0.25) is 0 Å². The predicted molar refractivity (Wildman–Crippen MR) is 116 cm³/mol. The Morgan fingerprint density at radius 1 is 1.28 bits per heavy atom. The predicted octanol–water partition coefficient (Wildman–Crippen LogP) is 3.04. The Morgan fingerprint density at radius 2 is 2.14 bits per heavy atom. The maximum absolute atomic E-state index is 13.3. The van der Waals surface area contributed by atoms with Gasteiger partial charge in [0, 0.05) is 13.1 Å². The van der Waals surface area contributed by atoms with E-state index in [0.29, 0.717) is 17.5 Å². The Balaban J connectivity index is 1.57. The minimum absolute atomic E-state index is 0.0232. The molecule has 2 saturated heterocycles. The van der Waals surface area contributed by atoms with Crippen LogP contribution < -0.4 is 10.9 Å². The fourth-order valence-electron chi connectivity index (χ4n) is 5.02. The summed E-state index contributed by atoms with van der Waals surface area (Å²) < 4.78 is 1.86. The highest BCUT2D eigenvalue weighted by atomic mass is 32.1. The molecule has 0 bridgehead atoms. The van der Waals surface area contributed by atoms with Crippen LogP contribution >= 0.6 is 11.3 Å². The van der Waals surface area contributed by atoms with Crippen molar-refractivity contribution in [2.75, 3.05) is 26.2 Å². The molecule has 4 heterocycles. The molecule has 2 fully saturated rings. The quantitative estimate of drug-likeness (QED) is 0.702. The normalized spacial score (nSPS) is 23.3. The van der Waals surface area contributed by atoms with Crippen molar-refractivity contribution in [2.45, 2.75) is 38.8 Å². The Labute approximate surface area is 174 Å². The van der Waals surface area contributed by atoms with Crippen LogP contribution in [0.4, 0.5) is 0 Å². The number of nitrogens with one attached hydrogen (secondary N) is 1. The minimum atomic E-state index is -0.0232. The van der Waals surface area contributed by atoms with E-state index in [1.165, 1.54) is 24.2 Å². The molecule has 1 N–H and O–H groups in total. The van der Waals surface area contributed by atoms with E-state index in [9.17, 15) is 4.79 Å². The molecule has 1 spiro atoms. The van der Waals surface area contributed by atoms with E-state index in [2.05, 4.69) is 34.3 Å². The van der Waals surface area contributed by atoms with E-state index in [1.54, 1.807) is 5.51 Å². The number of benzene rings is 1. The number of rotatable bonds is 5. The van der Waals surface area contributed by atoms with Crippen LogP contribution in [-0.2, 0) is 6.54 Å². The summed E-state index contributed by atoms with van der Waals surface area (Å²) in [7, 11) is 0. The Morgan fingerprint density at radius 3 is 2.90 bits per heavy atom. The van der Waals surface area contributed by atoms with Gasteiger partial charge >= 0.3 is 0 Å². The fourth-order valence-corrected chi connectivity index (χ4v) is 5.67. The zero-order chi connectivity index (χ0) is 19.8. The Bertz CT molecular complexity index is 1050. The summed E-state index contributed by atoms with van der Waals surface area (Å²) in [6.07, 6.45) is 3.41. The first-order chi connectivity index (χ1) is 14.2. The Hall–Kier alpha value is -2.09. The van der Waals surface area contributed by atoms with Crippen molar-refractivity contribution < 1.29 is 0 Å². The first-order valence-electron chi connectivity index (χ1n) is 10.5. The molecule has 152 valence electrons. The van der Waals surface area contributed by atoms with E-state index in [1.807, 2.05) is 22.8 Å². The molecule has 0 saturated carbocycles. The van der Waals surface area contributed by atoms with Gasteiger partial charge in [-0.1, -0.05) is 37.3 Å². The number of hydrogen-bond acceptors (Lipinski definition) is 6. The second-order valence-corrected chi connectivity index (χ2v) is 9.26. The van der Waals surface area contributed by atoms with Gasteiger partial charge in [-0.15, -0.1) is 11.3 Å². The van der Waals surface area contributed by atoms with Gasteiger partial charge in [-0.05, 0) is 43.3 Å². The van der Waals surface area contributed by atoms with Gasteiger partial charge in [0.1, 0.15) is 5.82 Å². The van der Waals surface area contributed by atoms with Gasteiger partial charge in [0.15, 0.2) is 10.3 Å². The molecule has 0 aliphatic carbocycles. The van der Waals surface area contributed by atoms with Gasteiger partial charge < -0.3 is 5.32 Å². The van der Waals surface area contributed by atoms with E-state index >= 15 is 0 Å². The molecule has 29 heavy (non-hydrogen) atoms. The summed E-state index contributed by atoms with van der Waals surface area (Å²) >= 11 is 1.46. The molecule has 2 atom stereocenters. The van der Waals surface area contributed by atoms with Gasteiger partial charge in [-0.25, -0.2) is 9.97 Å². The lowest BCUT2D eigenvalue weighted by molar-refractivity contribution is 0.194. The molecule has 1 aromatic carbocycles. The van der Waals surface area contributed by atoms with Crippen molar-refractivity contribution >= 4 is 21.7 Å². The van der Waals surface area contributed by atoms with Crippen molar-refractivity contribution in [2.24, 2.45) is 5.41 Å². The number of aromatic nitrogens is 3. The molecule has 7 heteroatoms. The molecular formula is C22H27N5OS. The van der Waals surface area contributed by atoms with Gasteiger partial charge in [0.2, 0.25) is 0 Å². The summed E-state index contributed by atoms with van der Waals surface area (Å²) in [5.74, 6) is 0.890. The van der Waals surface area contributed by atoms with Crippen molar-refractivity contribution in [3.05, 3.63) is 57.6 Å². The second kappa shape index (κ2) is 7.63. The zero-order valence-corrected chi connectivity index (χ0v) is 17.6. The zero-order valence-electron chi connectivity index (χ0n) is 16.8. The van der Waals surface area contributed by atoms with Gasteiger partial charge in [-0.3, -0.25) is 14.3 Å². The maximum Gasteiger partial charge on any atom is 0.281 e. The fraction of sp³-hybridized carbons (Fsp3) is 0.500. The molecule has 3 aromatic rings. The smallest absolute Gasteiger partial charge is 0.281 e. The third-order valence-electron chi connectivity index (χ3n) is 6.60. The van der Waals surface area contributed by atoms with Crippen molar-refractivity contribution in [3.8, 4) is 0 Å². The lowest BCUT2D eigenvalue weighted by atomic mass is 9.86. The van der Waals surface area contributed by atoms with E-state index in [0.717, 1.165) is 48.8 Å².